The van der Waals surface area contributed by atoms with E-state index in [2.05, 4.69) is 5.32 Å². The molecule has 0 spiro atoms. The first-order chi connectivity index (χ1) is 9.08. The topological polar surface area (TPSA) is 46.2 Å². The van der Waals surface area contributed by atoms with Crippen molar-refractivity contribution in [1.82, 2.24) is 5.32 Å². The normalized spacial score (nSPS) is 17.5. The molecule has 1 N–H and O–H groups in total. The Morgan fingerprint density at radius 1 is 1.11 bits per heavy atom. The van der Waals surface area contributed by atoms with Crippen LogP contribution in [0.15, 0.2) is 29.2 Å². The highest BCUT2D eigenvalue weighted by molar-refractivity contribution is 7.91. The molecule has 1 fully saturated rings. The summed E-state index contributed by atoms with van der Waals surface area (Å²) in [5.74, 6) is 0.187. The lowest BCUT2D eigenvalue weighted by Crippen LogP contribution is -2.34. The molecule has 0 heterocycles. The van der Waals surface area contributed by atoms with Gasteiger partial charge in [-0.05, 0) is 31.9 Å². The molecule has 0 aliphatic heterocycles. The predicted molar refractivity (Wildman–Crippen MR) is 78.1 cm³/mol. The quantitative estimate of drug-likeness (QED) is 0.902. The van der Waals surface area contributed by atoms with Crippen LogP contribution in [-0.4, -0.2) is 26.8 Å². The number of sulfone groups is 1. The van der Waals surface area contributed by atoms with Crippen molar-refractivity contribution in [3.05, 3.63) is 29.8 Å². The first kappa shape index (κ1) is 14.5. The molecule has 2 rings (SSSR count). The molecule has 0 unspecified atom stereocenters. The Hall–Kier alpha value is -0.870. The van der Waals surface area contributed by atoms with Crippen LogP contribution in [0.25, 0.3) is 0 Å². The summed E-state index contributed by atoms with van der Waals surface area (Å²) in [6, 6.07) is 7.61. The van der Waals surface area contributed by atoms with Gasteiger partial charge in [0, 0.05) is 12.6 Å². The molecule has 4 heteroatoms. The minimum atomic E-state index is -3.14. The lowest BCUT2D eigenvalue weighted by Gasteiger charge is -2.22. The van der Waals surface area contributed by atoms with E-state index in [4.69, 9.17) is 0 Å². The zero-order chi connectivity index (χ0) is 13.7. The van der Waals surface area contributed by atoms with Gasteiger partial charge in [0.2, 0.25) is 0 Å². The maximum atomic E-state index is 12.1. The predicted octanol–water partition coefficient (Wildman–Crippen LogP) is 2.69. The second-order valence-corrected chi connectivity index (χ2v) is 7.53. The summed E-state index contributed by atoms with van der Waals surface area (Å²) in [6.07, 6.45) is 6.22. The molecule has 0 aromatic heterocycles. The fourth-order valence-corrected chi connectivity index (χ4v) is 3.74. The van der Waals surface area contributed by atoms with Crippen molar-refractivity contribution < 1.29 is 8.42 Å². The van der Waals surface area contributed by atoms with Gasteiger partial charge in [0.15, 0.2) is 9.84 Å². The Labute approximate surface area is 116 Å². The Bertz CT molecular complexity index is 487. The van der Waals surface area contributed by atoms with Crippen LogP contribution in [-0.2, 0) is 9.84 Å². The van der Waals surface area contributed by atoms with Crippen LogP contribution in [0.3, 0.4) is 0 Å². The van der Waals surface area contributed by atoms with Crippen LogP contribution in [0.2, 0.25) is 0 Å². The van der Waals surface area contributed by atoms with E-state index in [1.807, 2.05) is 19.1 Å². The summed E-state index contributed by atoms with van der Waals surface area (Å²) < 4.78 is 24.3. The molecular weight excluding hydrogens is 258 g/mol. The van der Waals surface area contributed by atoms with E-state index in [0.717, 1.165) is 5.56 Å². The van der Waals surface area contributed by atoms with Crippen LogP contribution < -0.4 is 5.32 Å². The average molecular weight is 281 g/mol. The molecule has 0 radical (unpaired) electrons. The molecule has 3 nitrogen and oxygen atoms in total. The van der Waals surface area contributed by atoms with E-state index in [1.165, 1.54) is 32.1 Å². The van der Waals surface area contributed by atoms with Gasteiger partial charge in [-0.15, -0.1) is 0 Å². The third-order valence-corrected chi connectivity index (χ3v) is 5.52. The summed E-state index contributed by atoms with van der Waals surface area (Å²) in [5.41, 5.74) is 1.08. The van der Waals surface area contributed by atoms with E-state index in [1.54, 1.807) is 12.1 Å². The van der Waals surface area contributed by atoms with Crippen molar-refractivity contribution >= 4 is 9.84 Å². The monoisotopic (exact) mass is 281 g/mol. The summed E-state index contributed by atoms with van der Waals surface area (Å²) >= 11 is 0. The highest BCUT2D eigenvalue weighted by atomic mass is 32.2. The number of hydrogen-bond donors (Lipinski definition) is 1. The number of aryl methyl sites for hydroxylation is 1. The lowest BCUT2D eigenvalue weighted by atomic mass is 9.96. The van der Waals surface area contributed by atoms with Crippen molar-refractivity contribution in [2.24, 2.45) is 0 Å². The maximum Gasteiger partial charge on any atom is 0.179 e. The van der Waals surface area contributed by atoms with Gasteiger partial charge in [-0.3, -0.25) is 0 Å². The number of benzene rings is 1. The standard InChI is InChI=1S/C15H23NO2S/c1-13-7-9-15(10-8-13)19(17,18)12-11-16-14-5-3-2-4-6-14/h7-10,14,16H,2-6,11-12H2,1H3. The molecule has 19 heavy (non-hydrogen) atoms. The van der Waals surface area contributed by atoms with Gasteiger partial charge in [0.1, 0.15) is 0 Å². The number of rotatable bonds is 5. The largest absolute Gasteiger partial charge is 0.313 e. The van der Waals surface area contributed by atoms with E-state index in [0.29, 0.717) is 17.5 Å². The summed E-state index contributed by atoms with van der Waals surface area (Å²) in [5, 5.41) is 3.38. The molecule has 1 saturated carbocycles. The van der Waals surface area contributed by atoms with Crippen LogP contribution in [0.1, 0.15) is 37.7 Å². The first-order valence-corrected chi connectivity index (χ1v) is 8.76. The number of hydrogen-bond acceptors (Lipinski definition) is 3. The SMILES string of the molecule is Cc1ccc(S(=O)(=O)CCNC2CCCCC2)cc1. The second-order valence-electron chi connectivity index (χ2n) is 5.42. The van der Waals surface area contributed by atoms with Crippen molar-refractivity contribution in [3.8, 4) is 0 Å². The van der Waals surface area contributed by atoms with Crippen LogP contribution >= 0.6 is 0 Å². The van der Waals surface area contributed by atoms with Crippen molar-refractivity contribution in [3.63, 3.8) is 0 Å². The molecule has 0 atom stereocenters. The fourth-order valence-electron chi connectivity index (χ4n) is 2.57. The molecule has 106 valence electrons. The number of nitrogens with one attached hydrogen (secondary N) is 1. The Morgan fingerprint density at radius 2 is 1.74 bits per heavy atom. The average Bonchev–Trinajstić information content (AvgIpc) is 2.40. The van der Waals surface area contributed by atoms with Gasteiger partial charge in [-0.2, -0.15) is 0 Å². The Morgan fingerprint density at radius 3 is 2.37 bits per heavy atom. The lowest BCUT2D eigenvalue weighted by molar-refractivity contribution is 0.380. The third-order valence-electron chi connectivity index (χ3n) is 3.79. The van der Waals surface area contributed by atoms with Gasteiger partial charge < -0.3 is 5.32 Å². The molecule has 1 aliphatic carbocycles. The van der Waals surface area contributed by atoms with Crippen LogP contribution in [0.5, 0.6) is 0 Å². The van der Waals surface area contributed by atoms with Gasteiger partial charge in [0.25, 0.3) is 0 Å². The Kier molecular flexibility index (Phi) is 4.99. The van der Waals surface area contributed by atoms with E-state index >= 15 is 0 Å². The summed E-state index contributed by atoms with van der Waals surface area (Å²) in [7, 11) is -3.14. The molecule has 1 aromatic carbocycles. The van der Waals surface area contributed by atoms with Crippen LogP contribution in [0.4, 0.5) is 0 Å². The summed E-state index contributed by atoms with van der Waals surface area (Å²) in [4.78, 5) is 0.434. The smallest absolute Gasteiger partial charge is 0.179 e. The highest BCUT2D eigenvalue weighted by Crippen LogP contribution is 2.17. The van der Waals surface area contributed by atoms with E-state index in [9.17, 15) is 8.42 Å². The van der Waals surface area contributed by atoms with Gasteiger partial charge in [0.05, 0.1) is 10.6 Å². The molecule has 0 amide bonds. The first-order valence-electron chi connectivity index (χ1n) is 7.11. The zero-order valence-electron chi connectivity index (χ0n) is 11.6. The third kappa shape index (κ3) is 4.32. The van der Waals surface area contributed by atoms with Crippen molar-refractivity contribution in [1.29, 1.82) is 0 Å². The molecular formula is C15H23NO2S. The van der Waals surface area contributed by atoms with E-state index in [-0.39, 0.29) is 5.75 Å². The van der Waals surface area contributed by atoms with Crippen LogP contribution in [0, 0.1) is 6.92 Å². The maximum absolute atomic E-state index is 12.1. The minimum absolute atomic E-state index is 0.187. The summed E-state index contributed by atoms with van der Waals surface area (Å²) in [6.45, 7) is 2.52. The van der Waals surface area contributed by atoms with Crippen molar-refractivity contribution in [2.75, 3.05) is 12.3 Å². The zero-order valence-corrected chi connectivity index (χ0v) is 12.4. The minimum Gasteiger partial charge on any atom is -0.313 e. The second kappa shape index (κ2) is 6.53. The van der Waals surface area contributed by atoms with Gasteiger partial charge in [-0.1, -0.05) is 37.0 Å². The van der Waals surface area contributed by atoms with Gasteiger partial charge in [-0.25, -0.2) is 8.42 Å². The molecule has 0 saturated heterocycles. The Balaban J connectivity index is 1.85. The van der Waals surface area contributed by atoms with E-state index < -0.39 is 9.84 Å². The van der Waals surface area contributed by atoms with Gasteiger partial charge >= 0.3 is 0 Å². The highest BCUT2D eigenvalue weighted by Gasteiger charge is 2.16. The molecule has 1 aromatic rings. The molecule has 1 aliphatic rings. The van der Waals surface area contributed by atoms with Crippen molar-refractivity contribution in [2.45, 2.75) is 50.0 Å². The molecule has 0 bridgehead atoms. The fraction of sp³-hybridized carbons (Fsp3) is 0.600.